The molecule has 1 aliphatic heterocycles. The Balaban J connectivity index is 1.44. The third-order valence-electron chi connectivity index (χ3n) is 5.24. The summed E-state index contributed by atoms with van der Waals surface area (Å²) in [5, 5.41) is 3.98. The monoisotopic (exact) mass is 398 g/mol. The highest BCUT2D eigenvalue weighted by molar-refractivity contribution is 7.21. The van der Waals surface area contributed by atoms with Crippen LogP contribution >= 0.6 is 11.3 Å². The van der Waals surface area contributed by atoms with Gasteiger partial charge in [-0.1, -0.05) is 18.2 Å². The number of thiophene rings is 1. The highest BCUT2D eigenvalue weighted by Crippen LogP contribution is 2.40. The predicted octanol–water partition coefficient (Wildman–Crippen LogP) is 4.27. The number of likely N-dealkylation sites (tertiary alicyclic amines) is 1. The molecule has 0 saturated carbocycles. The maximum absolute atomic E-state index is 13.0. The van der Waals surface area contributed by atoms with Gasteiger partial charge in [0.2, 0.25) is 0 Å². The molecule has 2 heterocycles. The second-order valence-electron chi connectivity index (χ2n) is 7.01. The van der Waals surface area contributed by atoms with E-state index in [4.69, 9.17) is 4.74 Å². The van der Waals surface area contributed by atoms with E-state index in [0.29, 0.717) is 18.3 Å². The lowest BCUT2D eigenvalue weighted by atomic mass is 9.95. The molecule has 1 saturated heterocycles. The molecule has 1 unspecified atom stereocenters. The van der Waals surface area contributed by atoms with Gasteiger partial charge < -0.3 is 10.1 Å². The molecule has 1 aromatic heterocycles. The highest BCUT2D eigenvalue weighted by Gasteiger charge is 2.30. The average molecular weight is 399 g/mol. The van der Waals surface area contributed by atoms with Gasteiger partial charge >= 0.3 is 0 Å². The highest BCUT2D eigenvalue weighted by atomic mass is 32.1. The lowest BCUT2D eigenvalue weighted by molar-refractivity contribution is 0.0966. The molecule has 1 N–H and O–H groups in total. The summed E-state index contributed by atoms with van der Waals surface area (Å²) in [4.78, 5) is 15.6. The SMILES string of the molecule is CNC(=O)c1sc2ccccc2c1C1CCN(CCOc2ccc(F)cc2)C1. The van der Waals surface area contributed by atoms with Crippen LogP contribution in [0, 0.1) is 5.82 Å². The zero-order valence-electron chi connectivity index (χ0n) is 15.8. The first-order chi connectivity index (χ1) is 13.7. The second-order valence-corrected chi connectivity index (χ2v) is 8.06. The fraction of sp³-hybridized carbons (Fsp3) is 0.318. The molecule has 0 bridgehead atoms. The number of halogens is 1. The molecule has 1 fully saturated rings. The van der Waals surface area contributed by atoms with E-state index in [1.807, 2.05) is 12.1 Å². The molecule has 2 aromatic carbocycles. The van der Waals surface area contributed by atoms with Gasteiger partial charge in [0.25, 0.3) is 5.91 Å². The Labute approximate surface area is 167 Å². The zero-order valence-corrected chi connectivity index (χ0v) is 16.6. The first-order valence-corrected chi connectivity index (χ1v) is 10.3. The Morgan fingerprint density at radius 2 is 2.04 bits per heavy atom. The van der Waals surface area contributed by atoms with Crippen LogP contribution in [0.4, 0.5) is 4.39 Å². The third-order valence-corrected chi connectivity index (χ3v) is 6.42. The molecule has 1 atom stereocenters. The molecular weight excluding hydrogens is 375 g/mol. The van der Waals surface area contributed by atoms with Crippen LogP contribution in [-0.2, 0) is 0 Å². The third kappa shape index (κ3) is 3.88. The van der Waals surface area contributed by atoms with E-state index in [1.165, 1.54) is 23.1 Å². The van der Waals surface area contributed by atoms with E-state index < -0.39 is 0 Å². The molecule has 0 radical (unpaired) electrons. The first-order valence-electron chi connectivity index (χ1n) is 9.50. The van der Waals surface area contributed by atoms with Gasteiger partial charge in [-0.2, -0.15) is 0 Å². The van der Waals surface area contributed by atoms with E-state index in [9.17, 15) is 9.18 Å². The number of carbonyl (C=O) groups is 1. The maximum atomic E-state index is 13.0. The molecule has 4 nitrogen and oxygen atoms in total. The minimum absolute atomic E-state index is 0.00528. The van der Waals surface area contributed by atoms with E-state index in [1.54, 1.807) is 30.5 Å². The largest absolute Gasteiger partial charge is 0.492 e. The van der Waals surface area contributed by atoms with Crippen LogP contribution in [0.25, 0.3) is 10.1 Å². The summed E-state index contributed by atoms with van der Waals surface area (Å²) >= 11 is 1.58. The minimum atomic E-state index is -0.260. The summed E-state index contributed by atoms with van der Waals surface area (Å²) in [6.07, 6.45) is 1.03. The summed E-state index contributed by atoms with van der Waals surface area (Å²) in [7, 11) is 1.68. The van der Waals surface area contributed by atoms with Gasteiger partial charge in [-0.15, -0.1) is 11.3 Å². The number of hydrogen-bond acceptors (Lipinski definition) is 4. The van der Waals surface area contributed by atoms with Gasteiger partial charge in [-0.3, -0.25) is 9.69 Å². The van der Waals surface area contributed by atoms with Crippen LogP contribution in [0.2, 0.25) is 0 Å². The molecule has 1 aliphatic rings. The van der Waals surface area contributed by atoms with Crippen molar-refractivity contribution in [2.24, 2.45) is 0 Å². The number of ether oxygens (including phenoxy) is 1. The van der Waals surface area contributed by atoms with Crippen molar-refractivity contribution in [2.75, 3.05) is 33.3 Å². The number of rotatable bonds is 6. The van der Waals surface area contributed by atoms with Gasteiger partial charge in [0.15, 0.2) is 0 Å². The van der Waals surface area contributed by atoms with Crippen LogP contribution in [0.15, 0.2) is 48.5 Å². The fourth-order valence-corrected chi connectivity index (χ4v) is 5.08. The van der Waals surface area contributed by atoms with Crippen molar-refractivity contribution in [3.8, 4) is 5.75 Å². The van der Waals surface area contributed by atoms with Gasteiger partial charge in [0.1, 0.15) is 18.2 Å². The number of carbonyl (C=O) groups excluding carboxylic acids is 1. The lowest BCUT2D eigenvalue weighted by Gasteiger charge is -2.17. The molecular formula is C22H23FN2O2S. The summed E-state index contributed by atoms with van der Waals surface area (Å²) in [5.74, 6) is 0.760. The number of nitrogens with one attached hydrogen (secondary N) is 1. The number of fused-ring (bicyclic) bond motifs is 1. The van der Waals surface area contributed by atoms with Crippen LogP contribution in [0.3, 0.4) is 0 Å². The van der Waals surface area contributed by atoms with Crippen LogP contribution in [0.5, 0.6) is 5.75 Å². The van der Waals surface area contributed by atoms with Gasteiger partial charge in [0, 0.05) is 30.8 Å². The average Bonchev–Trinajstić information content (AvgIpc) is 3.33. The minimum Gasteiger partial charge on any atom is -0.492 e. The van der Waals surface area contributed by atoms with Gasteiger partial charge in [0.05, 0.1) is 4.88 Å². The lowest BCUT2D eigenvalue weighted by Crippen LogP contribution is -2.26. The normalized spacial score (nSPS) is 17.1. The first kappa shape index (κ1) is 18.9. The number of amides is 1. The Bertz CT molecular complexity index is 970. The number of benzene rings is 2. The van der Waals surface area contributed by atoms with Crippen molar-refractivity contribution in [3.63, 3.8) is 0 Å². The van der Waals surface area contributed by atoms with Crippen LogP contribution in [0.1, 0.15) is 27.6 Å². The Morgan fingerprint density at radius 3 is 2.82 bits per heavy atom. The van der Waals surface area contributed by atoms with Crippen molar-refractivity contribution < 1.29 is 13.9 Å². The summed E-state index contributed by atoms with van der Waals surface area (Å²) in [5.41, 5.74) is 1.18. The van der Waals surface area contributed by atoms with Crippen molar-refractivity contribution in [1.29, 1.82) is 0 Å². The molecule has 4 rings (SSSR count). The van der Waals surface area contributed by atoms with Crippen molar-refractivity contribution >= 4 is 27.3 Å². The topological polar surface area (TPSA) is 41.6 Å². The zero-order chi connectivity index (χ0) is 19.5. The van der Waals surface area contributed by atoms with Gasteiger partial charge in [-0.25, -0.2) is 4.39 Å². The van der Waals surface area contributed by atoms with Crippen molar-refractivity contribution in [3.05, 3.63) is 64.8 Å². The Kier molecular flexibility index (Phi) is 5.59. The second kappa shape index (κ2) is 8.29. The van der Waals surface area contributed by atoms with E-state index in [2.05, 4.69) is 22.3 Å². The van der Waals surface area contributed by atoms with Crippen LogP contribution in [-0.4, -0.2) is 44.1 Å². The molecule has 146 valence electrons. The Hall–Kier alpha value is -2.44. The molecule has 6 heteroatoms. The number of nitrogens with zero attached hydrogens (tertiary/aromatic N) is 1. The summed E-state index contributed by atoms with van der Waals surface area (Å²) in [6, 6.07) is 14.4. The van der Waals surface area contributed by atoms with E-state index in [-0.39, 0.29) is 11.7 Å². The standard InChI is InChI=1S/C22H23FN2O2S/c1-24-22(26)21-20(18-4-2-3-5-19(18)28-21)15-10-11-25(14-15)12-13-27-17-8-6-16(23)7-9-17/h2-9,15H,10-14H2,1H3,(H,24,26). The molecule has 3 aromatic rings. The van der Waals surface area contributed by atoms with E-state index >= 15 is 0 Å². The molecule has 28 heavy (non-hydrogen) atoms. The molecule has 1 amide bonds. The Morgan fingerprint density at radius 1 is 1.25 bits per heavy atom. The van der Waals surface area contributed by atoms with E-state index in [0.717, 1.165) is 35.6 Å². The smallest absolute Gasteiger partial charge is 0.261 e. The van der Waals surface area contributed by atoms with Crippen LogP contribution < -0.4 is 10.1 Å². The van der Waals surface area contributed by atoms with Gasteiger partial charge in [-0.05, 0) is 54.2 Å². The molecule has 0 aliphatic carbocycles. The quantitative estimate of drug-likeness (QED) is 0.674. The maximum Gasteiger partial charge on any atom is 0.261 e. The summed E-state index contributed by atoms with van der Waals surface area (Å²) < 4.78 is 19.9. The summed E-state index contributed by atoms with van der Waals surface area (Å²) in [6.45, 7) is 3.27. The predicted molar refractivity (Wildman–Crippen MR) is 111 cm³/mol. The molecule has 0 spiro atoms. The number of hydrogen-bond donors (Lipinski definition) is 1. The fourth-order valence-electron chi connectivity index (χ4n) is 3.85. The van der Waals surface area contributed by atoms with Crippen molar-refractivity contribution in [2.45, 2.75) is 12.3 Å². The van der Waals surface area contributed by atoms with Crippen molar-refractivity contribution in [1.82, 2.24) is 10.2 Å².